The Labute approximate surface area is 83.4 Å². The third kappa shape index (κ3) is 2.20. The van der Waals surface area contributed by atoms with E-state index in [9.17, 15) is 0 Å². The molecule has 1 aromatic heterocycles. The van der Waals surface area contributed by atoms with E-state index >= 15 is 0 Å². The average molecular weight is 196 g/mol. The SMILES string of the molecule is COC(C)C(NN)c1cnccc1N. The first kappa shape index (κ1) is 10.9. The molecular weight excluding hydrogens is 180 g/mol. The number of pyridine rings is 1. The van der Waals surface area contributed by atoms with Gasteiger partial charge in [-0.15, -0.1) is 0 Å². The molecule has 2 unspecified atom stereocenters. The number of hydrogen-bond acceptors (Lipinski definition) is 5. The lowest BCUT2D eigenvalue weighted by Gasteiger charge is -2.23. The van der Waals surface area contributed by atoms with Gasteiger partial charge in [0, 0.05) is 30.8 Å². The zero-order valence-electron chi connectivity index (χ0n) is 8.40. The van der Waals surface area contributed by atoms with Crippen LogP contribution in [0.2, 0.25) is 0 Å². The van der Waals surface area contributed by atoms with Crippen molar-refractivity contribution in [1.29, 1.82) is 0 Å². The van der Waals surface area contributed by atoms with Crippen molar-refractivity contribution >= 4 is 5.69 Å². The molecule has 0 radical (unpaired) electrons. The van der Waals surface area contributed by atoms with Gasteiger partial charge in [-0.25, -0.2) is 0 Å². The number of methoxy groups -OCH3 is 1. The van der Waals surface area contributed by atoms with Crippen LogP contribution in [0.5, 0.6) is 0 Å². The predicted octanol–water partition coefficient (Wildman–Crippen LogP) is 0.203. The number of hydrogen-bond donors (Lipinski definition) is 3. The Morgan fingerprint density at radius 2 is 2.29 bits per heavy atom. The first-order chi connectivity index (χ1) is 6.70. The first-order valence-corrected chi connectivity index (χ1v) is 4.39. The van der Waals surface area contributed by atoms with Gasteiger partial charge < -0.3 is 10.5 Å². The summed E-state index contributed by atoms with van der Waals surface area (Å²) >= 11 is 0. The van der Waals surface area contributed by atoms with E-state index in [0.717, 1.165) is 5.56 Å². The number of hydrazine groups is 1. The van der Waals surface area contributed by atoms with E-state index in [0.29, 0.717) is 5.69 Å². The lowest BCUT2D eigenvalue weighted by atomic mass is 10.0. The van der Waals surface area contributed by atoms with Crippen LogP contribution in [0.1, 0.15) is 18.5 Å². The highest BCUT2D eigenvalue weighted by atomic mass is 16.5. The summed E-state index contributed by atoms with van der Waals surface area (Å²) in [6, 6.07) is 1.59. The molecule has 0 bridgehead atoms. The summed E-state index contributed by atoms with van der Waals surface area (Å²) in [6.07, 6.45) is 3.27. The minimum atomic E-state index is -0.145. The number of nitrogens with two attached hydrogens (primary N) is 2. The highest BCUT2D eigenvalue weighted by Crippen LogP contribution is 2.22. The molecule has 0 spiro atoms. The maximum Gasteiger partial charge on any atom is 0.0754 e. The van der Waals surface area contributed by atoms with E-state index in [1.165, 1.54) is 0 Å². The molecule has 14 heavy (non-hydrogen) atoms. The largest absolute Gasteiger partial charge is 0.398 e. The zero-order chi connectivity index (χ0) is 10.6. The number of ether oxygens (including phenoxy) is 1. The van der Waals surface area contributed by atoms with Gasteiger partial charge in [-0.2, -0.15) is 0 Å². The second-order valence-corrected chi connectivity index (χ2v) is 3.09. The molecule has 5 N–H and O–H groups in total. The maximum atomic E-state index is 5.80. The molecule has 0 saturated heterocycles. The van der Waals surface area contributed by atoms with E-state index < -0.39 is 0 Å². The monoisotopic (exact) mass is 196 g/mol. The maximum absolute atomic E-state index is 5.80. The fourth-order valence-corrected chi connectivity index (χ4v) is 1.29. The highest BCUT2D eigenvalue weighted by molar-refractivity contribution is 5.46. The van der Waals surface area contributed by atoms with E-state index in [1.807, 2.05) is 6.92 Å². The first-order valence-electron chi connectivity index (χ1n) is 4.39. The van der Waals surface area contributed by atoms with Crippen LogP contribution >= 0.6 is 0 Å². The van der Waals surface area contributed by atoms with Gasteiger partial charge in [0.15, 0.2) is 0 Å². The van der Waals surface area contributed by atoms with E-state index in [4.69, 9.17) is 16.3 Å². The summed E-state index contributed by atoms with van der Waals surface area (Å²) < 4.78 is 5.19. The van der Waals surface area contributed by atoms with Crippen molar-refractivity contribution in [2.24, 2.45) is 5.84 Å². The number of anilines is 1. The second kappa shape index (κ2) is 4.90. The Hall–Kier alpha value is -1.17. The van der Waals surface area contributed by atoms with Gasteiger partial charge in [0.05, 0.1) is 12.1 Å². The van der Waals surface area contributed by atoms with E-state index in [1.54, 1.807) is 25.6 Å². The lowest BCUT2D eigenvalue weighted by Crippen LogP contribution is -2.36. The van der Waals surface area contributed by atoms with Crippen LogP contribution in [0.25, 0.3) is 0 Å². The third-order valence-electron chi connectivity index (χ3n) is 2.24. The number of rotatable bonds is 4. The molecular formula is C9H16N4O. The summed E-state index contributed by atoms with van der Waals surface area (Å²) in [7, 11) is 1.63. The molecule has 2 atom stereocenters. The van der Waals surface area contributed by atoms with Gasteiger partial charge in [0.1, 0.15) is 0 Å². The average Bonchev–Trinajstić information content (AvgIpc) is 2.21. The van der Waals surface area contributed by atoms with Gasteiger partial charge in [-0.1, -0.05) is 0 Å². The van der Waals surface area contributed by atoms with Crippen LogP contribution in [-0.4, -0.2) is 18.2 Å². The number of nitrogens with one attached hydrogen (secondary N) is 1. The second-order valence-electron chi connectivity index (χ2n) is 3.09. The summed E-state index contributed by atoms with van der Waals surface area (Å²) in [4.78, 5) is 4.00. The van der Waals surface area contributed by atoms with Crippen molar-refractivity contribution in [3.8, 4) is 0 Å². The Kier molecular flexibility index (Phi) is 3.82. The van der Waals surface area contributed by atoms with Crippen LogP contribution in [0.3, 0.4) is 0 Å². The molecule has 0 amide bonds. The molecule has 0 saturated carbocycles. The third-order valence-corrected chi connectivity index (χ3v) is 2.24. The van der Waals surface area contributed by atoms with E-state index in [-0.39, 0.29) is 12.1 Å². The topological polar surface area (TPSA) is 86.2 Å². The lowest BCUT2D eigenvalue weighted by molar-refractivity contribution is 0.0832. The quantitative estimate of drug-likeness (QED) is 0.473. The molecule has 5 nitrogen and oxygen atoms in total. The van der Waals surface area contributed by atoms with Crippen LogP contribution in [0.4, 0.5) is 5.69 Å². The van der Waals surface area contributed by atoms with E-state index in [2.05, 4.69) is 10.4 Å². The minimum absolute atomic E-state index is 0.0634. The van der Waals surface area contributed by atoms with Crippen molar-refractivity contribution in [3.63, 3.8) is 0 Å². The Morgan fingerprint density at radius 3 is 2.79 bits per heavy atom. The standard InChI is InChI=1S/C9H16N4O/c1-6(14-2)9(13-11)7-5-12-4-3-8(7)10/h3-6,9,13H,11H2,1-2H3,(H2,10,12). The fourth-order valence-electron chi connectivity index (χ4n) is 1.29. The van der Waals surface area contributed by atoms with Crippen molar-refractivity contribution in [3.05, 3.63) is 24.0 Å². The van der Waals surface area contributed by atoms with Crippen molar-refractivity contribution < 1.29 is 4.74 Å². The van der Waals surface area contributed by atoms with Crippen molar-refractivity contribution in [2.75, 3.05) is 12.8 Å². The smallest absolute Gasteiger partial charge is 0.0754 e. The predicted molar refractivity (Wildman–Crippen MR) is 55.2 cm³/mol. The van der Waals surface area contributed by atoms with Crippen LogP contribution in [-0.2, 0) is 4.74 Å². The molecule has 1 aromatic rings. The van der Waals surface area contributed by atoms with Crippen LogP contribution in [0.15, 0.2) is 18.5 Å². The van der Waals surface area contributed by atoms with Crippen molar-refractivity contribution in [1.82, 2.24) is 10.4 Å². The summed E-state index contributed by atoms with van der Waals surface area (Å²) in [6.45, 7) is 1.91. The Bertz CT molecular complexity index is 292. The fraction of sp³-hybridized carbons (Fsp3) is 0.444. The van der Waals surface area contributed by atoms with Gasteiger partial charge in [-0.3, -0.25) is 16.3 Å². The summed E-state index contributed by atoms with van der Waals surface area (Å²) in [5.41, 5.74) is 9.97. The van der Waals surface area contributed by atoms with Gasteiger partial charge >= 0.3 is 0 Å². The van der Waals surface area contributed by atoms with Crippen LogP contribution < -0.4 is 17.0 Å². The molecule has 5 heteroatoms. The Balaban J connectivity index is 2.94. The molecule has 0 aliphatic rings. The molecule has 0 aliphatic heterocycles. The number of aromatic nitrogens is 1. The molecule has 0 fully saturated rings. The Morgan fingerprint density at radius 1 is 1.57 bits per heavy atom. The molecule has 0 aliphatic carbocycles. The van der Waals surface area contributed by atoms with Gasteiger partial charge in [0.2, 0.25) is 0 Å². The molecule has 0 aromatic carbocycles. The molecule has 78 valence electrons. The zero-order valence-corrected chi connectivity index (χ0v) is 8.40. The minimum Gasteiger partial charge on any atom is -0.398 e. The number of nitrogen functional groups attached to an aromatic ring is 1. The summed E-state index contributed by atoms with van der Waals surface area (Å²) in [5.74, 6) is 5.44. The van der Waals surface area contributed by atoms with Crippen molar-refractivity contribution in [2.45, 2.75) is 19.1 Å². The number of nitrogens with zero attached hydrogens (tertiary/aromatic N) is 1. The van der Waals surface area contributed by atoms with Crippen LogP contribution in [0, 0.1) is 0 Å². The van der Waals surface area contributed by atoms with Gasteiger partial charge in [-0.05, 0) is 13.0 Å². The van der Waals surface area contributed by atoms with Gasteiger partial charge in [0.25, 0.3) is 0 Å². The highest BCUT2D eigenvalue weighted by Gasteiger charge is 2.19. The molecule has 1 heterocycles. The normalized spacial score (nSPS) is 15.1. The summed E-state index contributed by atoms with van der Waals surface area (Å²) in [5, 5.41) is 0. The molecule has 1 rings (SSSR count).